The summed E-state index contributed by atoms with van der Waals surface area (Å²) >= 11 is 0. The molecule has 1 aliphatic rings. The van der Waals surface area contributed by atoms with Gasteiger partial charge in [0.1, 0.15) is 23.1 Å². The molecule has 0 atom stereocenters. The molecule has 0 aliphatic heterocycles. The summed E-state index contributed by atoms with van der Waals surface area (Å²) in [5.41, 5.74) is -2.90. The van der Waals surface area contributed by atoms with Crippen LogP contribution in [0, 0.1) is 15.9 Å². The van der Waals surface area contributed by atoms with Gasteiger partial charge in [0.2, 0.25) is 5.78 Å². The SMILES string of the molecule is CC(C)(CC(=O)c1ccccc1C(=O)c1c(F)cccc1[N+](=O)[O-])OC(=O)OC1CCC1. The largest absolute Gasteiger partial charge is 0.509 e. The van der Waals surface area contributed by atoms with Gasteiger partial charge in [-0.05, 0) is 39.2 Å². The first-order valence-corrected chi connectivity index (χ1v) is 10.1. The first-order chi connectivity index (χ1) is 15.1. The van der Waals surface area contributed by atoms with Crippen molar-refractivity contribution in [2.75, 3.05) is 0 Å². The van der Waals surface area contributed by atoms with E-state index in [1.807, 2.05) is 0 Å². The van der Waals surface area contributed by atoms with Crippen LogP contribution >= 0.6 is 0 Å². The van der Waals surface area contributed by atoms with E-state index in [9.17, 15) is 28.9 Å². The van der Waals surface area contributed by atoms with Crippen LogP contribution in [0.1, 0.15) is 65.8 Å². The van der Waals surface area contributed by atoms with Crippen molar-refractivity contribution in [1.82, 2.24) is 0 Å². The number of nitrogens with zero attached hydrogens (tertiary/aromatic N) is 1. The highest BCUT2D eigenvalue weighted by Crippen LogP contribution is 2.28. The van der Waals surface area contributed by atoms with E-state index in [4.69, 9.17) is 9.47 Å². The zero-order valence-corrected chi connectivity index (χ0v) is 17.6. The summed E-state index contributed by atoms with van der Waals surface area (Å²) in [5, 5.41) is 11.3. The van der Waals surface area contributed by atoms with Gasteiger partial charge in [-0.15, -0.1) is 0 Å². The minimum Gasteiger partial charge on any atom is -0.431 e. The van der Waals surface area contributed by atoms with Gasteiger partial charge in [-0.3, -0.25) is 19.7 Å². The van der Waals surface area contributed by atoms with Crippen LogP contribution in [-0.4, -0.2) is 34.4 Å². The maximum atomic E-state index is 14.4. The lowest BCUT2D eigenvalue weighted by atomic mass is 9.90. The van der Waals surface area contributed by atoms with E-state index >= 15 is 0 Å². The predicted molar refractivity (Wildman–Crippen MR) is 111 cm³/mol. The van der Waals surface area contributed by atoms with Gasteiger partial charge in [0, 0.05) is 17.2 Å². The van der Waals surface area contributed by atoms with E-state index in [-0.39, 0.29) is 23.7 Å². The molecule has 0 saturated heterocycles. The Kier molecular flexibility index (Phi) is 6.67. The number of carbonyl (C=O) groups is 3. The number of nitro benzene ring substituents is 1. The van der Waals surface area contributed by atoms with Gasteiger partial charge in [0.15, 0.2) is 5.78 Å². The van der Waals surface area contributed by atoms with Crippen LogP contribution in [0.25, 0.3) is 0 Å². The van der Waals surface area contributed by atoms with Crippen molar-refractivity contribution in [3.05, 3.63) is 75.1 Å². The van der Waals surface area contributed by atoms with Gasteiger partial charge in [0.25, 0.3) is 5.69 Å². The summed E-state index contributed by atoms with van der Waals surface area (Å²) in [6.45, 7) is 3.05. The van der Waals surface area contributed by atoms with Gasteiger partial charge >= 0.3 is 6.16 Å². The smallest absolute Gasteiger partial charge is 0.431 e. The topological polar surface area (TPSA) is 113 Å². The van der Waals surface area contributed by atoms with Crippen molar-refractivity contribution in [2.45, 2.75) is 51.2 Å². The third-order valence-electron chi connectivity index (χ3n) is 5.15. The molecule has 0 unspecified atom stereocenters. The van der Waals surface area contributed by atoms with E-state index in [2.05, 4.69) is 0 Å². The molecular weight excluding hydrogens is 421 g/mol. The Morgan fingerprint density at radius 1 is 1.09 bits per heavy atom. The van der Waals surface area contributed by atoms with Crippen molar-refractivity contribution < 1.29 is 33.2 Å². The fourth-order valence-corrected chi connectivity index (χ4v) is 3.34. The molecule has 1 aliphatic carbocycles. The predicted octanol–water partition coefficient (Wildman–Crippen LogP) is 5.02. The third-order valence-corrected chi connectivity index (χ3v) is 5.15. The second-order valence-electron chi connectivity index (χ2n) is 8.15. The molecule has 2 aromatic rings. The maximum absolute atomic E-state index is 14.4. The van der Waals surface area contributed by atoms with Crippen molar-refractivity contribution in [3.8, 4) is 0 Å². The molecule has 0 heterocycles. The Morgan fingerprint density at radius 3 is 2.34 bits per heavy atom. The first kappa shape index (κ1) is 23.1. The first-order valence-electron chi connectivity index (χ1n) is 10.1. The number of carbonyl (C=O) groups excluding carboxylic acids is 3. The highest BCUT2D eigenvalue weighted by Gasteiger charge is 2.33. The molecule has 0 spiro atoms. The van der Waals surface area contributed by atoms with Crippen molar-refractivity contribution in [3.63, 3.8) is 0 Å². The molecule has 8 nitrogen and oxygen atoms in total. The number of rotatable bonds is 8. The number of hydrogen-bond donors (Lipinski definition) is 0. The maximum Gasteiger partial charge on any atom is 0.509 e. The van der Waals surface area contributed by atoms with Crippen LogP contribution in [-0.2, 0) is 9.47 Å². The second kappa shape index (κ2) is 9.25. The van der Waals surface area contributed by atoms with E-state index in [1.165, 1.54) is 38.1 Å². The summed E-state index contributed by atoms with van der Waals surface area (Å²) in [6, 6.07) is 8.73. The van der Waals surface area contributed by atoms with Gasteiger partial charge in [-0.1, -0.05) is 30.3 Å². The van der Waals surface area contributed by atoms with E-state index in [0.29, 0.717) is 0 Å². The number of benzene rings is 2. The van der Waals surface area contributed by atoms with Crippen LogP contribution in [0.5, 0.6) is 0 Å². The number of nitro groups is 1. The quantitative estimate of drug-likeness (QED) is 0.244. The zero-order valence-electron chi connectivity index (χ0n) is 17.6. The molecule has 9 heteroatoms. The molecule has 0 amide bonds. The Hall–Kier alpha value is -3.62. The summed E-state index contributed by atoms with van der Waals surface area (Å²) in [7, 11) is 0. The standard InChI is InChI=1S/C23H22FNO7/c1-23(2,32-22(28)31-14-7-5-8-14)13-19(26)15-9-3-4-10-16(15)21(27)20-17(24)11-6-12-18(20)25(29)30/h3-4,6,9-12,14H,5,7-8,13H2,1-2H3. The fraction of sp³-hybridized carbons (Fsp3) is 0.348. The van der Waals surface area contributed by atoms with Crippen LogP contribution in [0.2, 0.25) is 0 Å². The van der Waals surface area contributed by atoms with Crippen molar-refractivity contribution >= 4 is 23.4 Å². The molecule has 32 heavy (non-hydrogen) atoms. The lowest BCUT2D eigenvalue weighted by Gasteiger charge is -2.28. The van der Waals surface area contributed by atoms with Gasteiger partial charge in [-0.2, -0.15) is 0 Å². The summed E-state index contributed by atoms with van der Waals surface area (Å²) < 4.78 is 24.8. The average Bonchev–Trinajstić information content (AvgIpc) is 2.69. The highest BCUT2D eigenvalue weighted by molar-refractivity contribution is 6.17. The molecule has 0 radical (unpaired) electrons. The lowest BCUT2D eigenvalue weighted by molar-refractivity contribution is -0.385. The van der Waals surface area contributed by atoms with Gasteiger partial charge in [0.05, 0.1) is 11.3 Å². The molecule has 1 saturated carbocycles. The molecule has 0 N–H and O–H groups in total. The van der Waals surface area contributed by atoms with Crippen LogP contribution in [0.15, 0.2) is 42.5 Å². The minimum atomic E-state index is -1.24. The molecule has 3 rings (SSSR count). The molecular formula is C23H22FNO7. The number of ether oxygens (including phenoxy) is 2. The Balaban J connectivity index is 1.83. The normalized spacial score (nSPS) is 13.7. The molecule has 0 aromatic heterocycles. The van der Waals surface area contributed by atoms with Gasteiger partial charge in [-0.25, -0.2) is 9.18 Å². The van der Waals surface area contributed by atoms with E-state index in [1.54, 1.807) is 0 Å². The van der Waals surface area contributed by atoms with Crippen molar-refractivity contribution in [2.24, 2.45) is 0 Å². The van der Waals surface area contributed by atoms with E-state index < -0.39 is 45.3 Å². The lowest BCUT2D eigenvalue weighted by Crippen LogP contribution is -2.34. The monoisotopic (exact) mass is 443 g/mol. The van der Waals surface area contributed by atoms with Crippen LogP contribution in [0.4, 0.5) is 14.9 Å². The van der Waals surface area contributed by atoms with Gasteiger partial charge < -0.3 is 9.47 Å². The van der Waals surface area contributed by atoms with Crippen LogP contribution < -0.4 is 0 Å². The number of halogens is 1. The average molecular weight is 443 g/mol. The minimum absolute atomic E-state index is 0.0564. The summed E-state index contributed by atoms with van der Waals surface area (Å²) in [6.07, 6.45) is 1.18. The Bertz CT molecular complexity index is 1080. The Morgan fingerprint density at radius 2 is 1.75 bits per heavy atom. The van der Waals surface area contributed by atoms with E-state index in [0.717, 1.165) is 37.5 Å². The number of Topliss-reactive ketones (excluding diaryl/α,β-unsaturated/α-hetero) is 1. The number of ketones is 2. The molecule has 1 fully saturated rings. The highest BCUT2D eigenvalue weighted by atomic mass is 19.1. The second-order valence-corrected chi connectivity index (χ2v) is 8.15. The fourth-order valence-electron chi connectivity index (χ4n) is 3.34. The number of hydrogen-bond acceptors (Lipinski definition) is 7. The molecule has 0 bridgehead atoms. The van der Waals surface area contributed by atoms with Crippen LogP contribution in [0.3, 0.4) is 0 Å². The Labute approximate surface area is 183 Å². The third kappa shape index (κ3) is 5.16. The molecule has 2 aromatic carbocycles. The summed E-state index contributed by atoms with van der Waals surface area (Å²) in [5.74, 6) is -2.59. The van der Waals surface area contributed by atoms with Crippen molar-refractivity contribution in [1.29, 1.82) is 0 Å². The molecule has 168 valence electrons. The summed E-state index contributed by atoms with van der Waals surface area (Å²) in [4.78, 5) is 48.4. The zero-order chi connectivity index (χ0) is 23.5.